The van der Waals surface area contributed by atoms with E-state index in [-0.39, 0.29) is 6.04 Å². The molecule has 15 heavy (non-hydrogen) atoms. The first-order chi connectivity index (χ1) is 6.91. The number of aliphatic hydroxyl groups is 1. The minimum Gasteiger partial charge on any atom is -0.508 e. The number of aromatic hydroxyl groups is 1. The fourth-order valence-electron chi connectivity index (χ4n) is 2.32. The van der Waals surface area contributed by atoms with Gasteiger partial charge in [0.15, 0.2) is 0 Å². The number of phenolic OH excluding ortho intramolecular Hbond substituents is 1. The van der Waals surface area contributed by atoms with Crippen molar-refractivity contribution in [3.63, 3.8) is 0 Å². The second-order valence-electron chi connectivity index (χ2n) is 4.76. The van der Waals surface area contributed by atoms with Crippen molar-refractivity contribution in [3.05, 3.63) is 23.8 Å². The van der Waals surface area contributed by atoms with Crippen LogP contribution in [0, 0.1) is 0 Å². The summed E-state index contributed by atoms with van der Waals surface area (Å²) < 4.78 is 0. The van der Waals surface area contributed by atoms with Crippen LogP contribution in [0.5, 0.6) is 5.75 Å². The molecule has 0 radical (unpaired) electrons. The zero-order valence-corrected chi connectivity index (χ0v) is 9.36. The van der Waals surface area contributed by atoms with Crippen molar-refractivity contribution in [2.24, 2.45) is 0 Å². The van der Waals surface area contributed by atoms with Gasteiger partial charge >= 0.3 is 0 Å². The summed E-state index contributed by atoms with van der Waals surface area (Å²) in [4.78, 5) is 2.04. The van der Waals surface area contributed by atoms with Gasteiger partial charge in [0.25, 0.3) is 0 Å². The van der Waals surface area contributed by atoms with Crippen LogP contribution in [0.15, 0.2) is 18.2 Å². The highest BCUT2D eigenvalue weighted by atomic mass is 16.3. The van der Waals surface area contributed by atoms with Crippen molar-refractivity contribution in [2.75, 3.05) is 11.9 Å². The highest BCUT2D eigenvalue weighted by Crippen LogP contribution is 2.39. The molecule has 2 rings (SSSR count). The maximum absolute atomic E-state index is 10.0. The molecule has 1 aromatic carbocycles. The molecule has 1 atom stereocenters. The summed E-state index contributed by atoms with van der Waals surface area (Å²) in [5, 5.41) is 19.8. The molecule has 1 aromatic rings. The Kier molecular flexibility index (Phi) is 2.15. The summed E-state index contributed by atoms with van der Waals surface area (Å²) in [5.41, 5.74) is 1.19. The molecule has 2 N–H and O–H groups in total. The highest BCUT2D eigenvalue weighted by Gasteiger charge is 2.37. The Morgan fingerprint density at radius 1 is 1.40 bits per heavy atom. The second kappa shape index (κ2) is 3.14. The van der Waals surface area contributed by atoms with Gasteiger partial charge in [-0.1, -0.05) is 6.07 Å². The van der Waals surface area contributed by atoms with Crippen LogP contribution in [0.2, 0.25) is 0 Å². The maximum Gasteiger partial charge on any atom is 0.120 e. The van der Waals surface area contributed by atoms with E-state index < -0.39 is 5.60 Å². The molecule has 1 heterocycles. The van der Waals surface area contributed by atoms with Crippen LogP contribution in [0.25, 0.3) is 0 Å². The van der Waals surface area contributed by atoms with Gasteiger partial charge in [-0.3, -0.25) is 0 Å². The molecule has 0 saturated carbocycles. The lowest BCUT2D eigenvalue weighted by molar-refractivity contribution is 0.0533. The first kappa shape index (κ1) is 10.3. The number of likely N-dealkylation sites (N-methyl/N-ethyl adjacent to an activating group) is 1. The van der Waals surface area contributed by atoms with Crippen molar-refractivity contribution in [3.8, 4) is 5.75 Å². The van der Waals surface area contributed by atoms with Crippen LogP contribution < -0.4 is 4.90 Å². The van der Waals surface area contributed by atoms with Gasteiger partial charge in [-0.15, -0.1) is 0 Å². The summed E-state index contributed by atoms with van der Waals surface area (Å²) >= 11 is 0. The third-order valence-corrected chi connectivity index (χ3v) is 3.19. The van der Waals surface area contributed by atoms with E-state index in [0.29, 0.717) is 12.2 Å². The lowest BCUT2D eigenvalue weighted by atomic mass is 9.95. The van der Waals surface area contributed by atoms with Crippen LogP contribution >= 0.6 is 0 Å². The molecule has 3 nitrogen and oxygen atoms in total. The Bertz CT molecular complexity index is 382. The molecule has 1 unspecified atom stereocenters. The van der Waals surface area contributed by atoms with Crippen molar-refractivity contribution >= 4 is 5.69 Å². The molecule has 0 saturated heterocycles. The summed E-state index contributed by atoms with van der Waals surface area (Å²) in [6.45, 7) is 3.61. The molecular formula is C12H17NO2. The van der Waals surface area contributed by atoms with Gasteiger partial charge < -0.3 is 15.1 Å². The quantitative estimate of drug-likeness (QED) is 0.734. The lowest BCUT2D eigenvalue weighted by Crippen LogP contribution is -2.46. The number of nitrogens with zero attached hydrogens (tertiary/aromatic N) is 1. The van der Waals surface area contributed by atoms with E-state index in [4.69, 9.17) is 0 Å². The van der Waals surface area contributed by atoms with E-state index in [1.807, 2.05) is 24.1 Å². The zero-order valence-electron chi connectivity index (χ0n) is 9.36. The number of benzene rings is 1. The van der Waals surface area contributed by atoms with E-state index in [1.165, 1.54) is 0 Å². The predicted molar refractivity (Wildman–Crippen MR) is 60.3 cm³/mol. The molecule has 0 amide bonds. The number of hydrogen-bond acceptors (Lipinski definition) is 3. The van der Waals surface area contributed by atoms with E-state index in [0.717, 1.165) is 11.3 Å². The minimum atomic E-state index is -0.764. The van der Waals surface area contributed by atoms with Gasteiger partial charge in [-0.2, -0.15) is 0 Å². The van der Waals surface area contributed by atoms with Crippen LogP contribution in [0.3, 0.4) is 0 Å². The molecule has 82 valence electrons. The highest BCUT2D eigenvalue weighted by molar-refractivity contribution is 5.64. The van der Waals surface area contributed by atoms with Gasteiger partial charge in [0.1, 0.15) is 5.75 Å². The Hall–Kier alpha value is -1.22. The Morgan fingerprint density at radius 3 is 2.60 bits per heavy atom. The van der Waals surface area contributed by atoms with Gasteiger partial charge in [0.2, 0.25) is 0 Å². The normalized spacial score (nSPS) is 20.5. The molecular weight excluding hydrogens is 190 g/mol. The summed E-state index contributed by atoms with van der Waals surface area (Å²) in [5.74, 6) is 0.325. The average molecular weight is 207 g/mol. The lowest BCUT2D eigenvalue weighted by Gasteiger charge is -2.32. The van der Waals surface area contributed by atoms with E-state index >= 15 is 0 Å². The summed E-state index contributed by atoms with van der Waals surface area (Å²) in [7, 11) is 1.95. The van der Waals surface area contributed by atoms with Gasteiger partial charge in [0, 0.05) is 24.7 Å². The fourth-order valence-corrected chi connectivity index (χ4v) is 2.32. The number of hydrogen-bond donors (Lipinski definition) is 2. The molecule has 0 aromatic heterocycles. The van der Waals surface area contributed by atoms with Crippen molar-refractivity contribution < 1.29 is 10.2 Å². The van der Waals surface area contributed by atoms with Crippen LogP contribution in [0.4, 0.5) is 5.69 Å². The number of fused-ring (bicyclic) bond motifs is 1. The summed E-state index contributed by atoms with van der Waals surface area (Å²) in [6, 6.07) is 5.53. The number of anilines is 1. The van der Waals surface area contributed by atoms with Crippen molar-refractivity contribution in [2.45, 2.75) is 31.9 Å². The van der Waals surface area contributed by atoms with E-state index in [9.17, 15) is 10.2 Å². The zero-order chi connectivity index (χ0) is 11.2. The van der Waals surface area contributed by atoms with Gasteiger partial charge in [-0.05, 0) is 26.0 Å². The molecule has 1 aliphatic rings. The van der Waals surface area contributed by atoms with E-state index in [1.54, 1.807) is 19.9 Å². The average Bonchev–Trinajstić information content (AvgIpc) is 2.45. The first-order valence-electron chi connectivity index (χ1n) is 5.17. The third kappa shape index (κ3) is 1.57. The molecule has 0 spiro atoms. The predicted octanol–water partition coefficient (Wildman–Crippen LogP) is 1.52. The minimum absolute atomic E-state index is 0.0285. The second-order valence-corrected chi connectivity index (χ2v) is 4.76. The largest absolute Gasteiger partial charge is 0.508 e. The van der Waals surface area contributed by atoms with Crippen molar-refractivity contribution in [1.29, 1.82) is 0 Å². The topological polar surface area (TPSA) is 43.7 Å². The fraction of sp³-hybridized carbons (Fsp3) is 0.500. The molecule has 3 heteroatoms. The van der Waals surface area contributed by atoms with Crippen molar-refractivity contribution in [1.82, 2.24) is 0 Å². The SMILES string of the molecule is CN1c2cccc(O)c2CC1C(C)(C)O. The standard InChI is InChI=1S/C12H17NO2/c1-12(2,15)11-7-8-9(13(11)3)5-4-6-10(8)14/h4-6,11,14-15H,7H2,1-3H3. The third-order valence-electron chi connectivity index (χ3n) is 3.19. The smallest absolute Gasteiger partial charge is 0.120 e. The van der Waals surface area contributed by atoms with Gasteiger partial charge in [0.05, 0.1) is 11.6 Å². The van der Waals surface area contributed by atoms with Crippen LogP contribution in [-0.4, -0.2) is 28.9 Å². The number of phenols is 1. The number of rotatable bonds is 1. The maximum atomic E-state index is 10.0. The first-order valence-corrected chi connectivity index (χ1v) is 5.17. The molecule has 0 bridgehead atoms. The molecule has 0 aliphatic carbocycles. The van der Waals surface area contributed by atoms with Crippen LogP contribution in [-0.2, 0) is 6.42 Å². The monoisotopic (exact) mass is 207 g/mol. The van der Waals surface area contributed by atoms with E-state index in [2.05, 4.69) is 0 Å². The molecule has 0 fully saturated rings. The Labute approximate surface area is 90.0 Å². The summed E-state index contributed by atoms with van der Waals surface area (Å²) in [6.07, 6.45) is 0.696. The van der Waals surface area contributed by atoms with Gasteiger partial charge in [-0.25, -0.2) is 0 Å². The molecule has 1 aliphatic heterocycles. The Morgan fingerprint density at radius 2 is 2.07 bits per heavy atom. The Balaban J connectivity index is 2.42. The van der Waals surface area contributed by atoms with Crippen LogP contribution in [0.1, 0.15) is 19.4 Å².